The maximum Gasteiger partial charge on any atom is 0.261 e. The zero-order chi connectivity index (χ0) is 20.0. The Balaban J connectivity index is 1.54. The Hall–Kier alpha value is -3.27. The van der Waals surface area contributed by atoms with Crippen molar-refractivity contribution in [2.45, 2.75) is 33.2 Å². The molecule has 29 heavy (non-hydrogen) atoms. The highest BCUT2D eigenvalue weighted by Crippen LogP contribution is 2.30. The zero-order valence-corrected chi connectivity index (χ0v) is 16.7. The number of aryl methyl sites for hydroxylation is 1. The number of fused-ring (bicyclic) bond motifs is 2. The molecule has 1 aliphatic heterocycles. The van der Waals surface area contributed by atoms with Crippen LogP contribution in [0, 0.1) is 5.41 Å². The summed E-state index contributed by atoms with van der Waals surface area (Å²) in [6.07, 6.45) is 3.71. The quantitative estimate of drug-likeness (QED) is 0.485. The molecule has 4 nitrogen and oxygen atoms in total. The molecular weight excluding hydrogens is 358 g/mol. The van der Waals surface area contributed by atoms with Crippen molar-refractivity contribution in [3.05, 3.63) is 83.0 Å². The van der Waals surface area contributed by atoms with Crippen molar-refractivity contribution < 1.29 is 0 Å². The molecule has 0 radical (unpaired) electrons. The van der Waals surface area contributed by atoms with E-state index in [4.69, 9.17) is 4.98 Å². The highest BCUT2D eigenvalue weighted by Gasteiger charge is 2.27. The molecule has 0 aliphatic carbocycles. The molecule has 5 rings (SSSR count). The highest BCUT2D eigenvalue weighted by atomic mass is 16.1. The molecule has 4 heteroatoms. The minimum Gasteiger partial charge on any atom is -0.296 e. The fraction of sp³-hybridized carbons (Fsp3) is 0.240. The van der Waals surface area contributed by atoms with Gasteiger partial charge in [-0.3, -0.25) is 14.3 Å². The van der Waals surface area contributed by atoms with E-state index in [-0.39, 0.29) is 11.0 Å². The van der Waals surface area contributed by atoms with Crippen LogP contribution in [0.15, 0.2) is 71.7 Å². The topological polar surface area (TPSA) is 47.8 Å². The van der Waals surface area contributed by atoms with Gasteiger partial charge in [0.1, 0.15) is 5.82 Å². The van der Waals surface area contributed by atoms with E-state index in [2.05, 4.69) is 43.1 Å². The number of hydrogen-bond acceptors (Lipinski definition) is 3. The van der Waals surface area contributed by atoms with Gasteiger partial charge in [0.05, 0.1) is 16.6 Å². The van der Waals surface area contributed by atoms with E-state index in [1.807, 2.05) is 41.0 Å². The summed E-state index contributed by atoms with van der Waals surface area (Å²) in [6.45, 7) is 5.16. The Bertz CT molecular complexity index is 1260. The summed E-state index contributed by atoms with van der Waals surface area (Å²) in [7, 11) is 0. The van der Waals surface area contributed by atoms with Crippen LogP contribution in [0.5, 0.6) is 0 Å². The summed E-state index contributed by atoms with van der Waals surface area (Å²) >= 11 is 0. The van der Waals surface area contributed by atoms with E-state index in [0.29, 0.717) is 5.39 Å². The second-order valence-corrected chi connectivity index (χ2v) is 8.61. The van der Waals surface area contributed by atoms with Crippen molar-refractivity contribution in [3.8, 4) is 22.4 Å². The number of nitrogens with zero attached hydrogens (tertiary/aromatic N) is 3. The van der Waals surface area contributed by atoms with Crippen molar-refractivity contribution in [3.63, 3.8) is 0 Å². The zero-order valence-electron chi connectivity index (χ0n) is 16.7. The lowest BCUT2D eigenvalue weighted by atomic mass is 9.85. The van der Waals surface area contributed by atoms with Crippen LogP contribution in [0.3, 0.4) is 0 Å². The molecular formula is C25H23N3O. The van der Waals surface area contributed by atoms with E-state index in [0.717, 1.165) is 53.1 Å². The van der Waals surface area contributed by atoms with Gasteiger partial charge in [0.2, 0.25) is 0 Å². The van der Waals surface area contributed by atoms with Gasteiger partial charge in [-0.25, -0.2) is 4.98 Å². The number of hydrogen-bond donors (Lipinski definition) is 0. The Kier molecular flexibility index (Phi) is 4.09. The normalized spacial score (nSPS) is 15.2. The van der Waals surface area contributed by atoms with Crippen LogP contribution < -0.4 is 5.56 Å². The Morgan fingerprint density at radius 3 is 2.45 bits per heavy atom. The van der Waals surface area contributed by atoms with Gasteiger partial charge in [0.15, 0.2) is 0 Å². The first-order valence-electron chi connectivity index (χ1n) is 10.1. The van der Waals surface area contributed by atoms with Gasteiger partial charge < -0.3 is 0 Å². The fourth-order valence-electron chi connectivity index (χ4n) is 4.12. The molecule has 2 aromatic heterocycles. The summed E-state index contributed by atoms with van der Waals surface area (Å²) in [4.78, 5) is 22.3. The fourth-order valence-corrected chi connectivity index (χ4v) is 4.12. The number of rotatable bonds is 2. The number of pyridine rings is 1. The van der Waals surface area contributed by atoms with E-state index in [9.17, 15) is 4.79 Å². The minimum absolute atomic E-state index is 0.0785. The third-order valence-corrected chi connectivity index (χ3v) is 5.82. The van der Waals surface area contributed by atoms with Crippen molar-refractivity contribution in [1.82, 2.24) is 14.5 Å². The van der Waals surface area contributed by atoms with Gasteiger partial charge in [-0.1, -0.05) is 50.2 Å². The summed E-state index contributed by atoms with van der Waals surface area (Å²) in [5, 5.41) is 0.695. The van der Waals surface area contributed by atoms with Gasteiger partial charge >= 0.3 is 0 Å². The van der Waals surface area contributed by atoms with E-state index in [1.54, 1.807) is 6.20 Å². The lowest BCUT2D eigenvalue weighted by molar-refractivity contribution is 0.240. The first-order valence-corrected chi connectivity index (χ1v) is 10.1. The minimum atomic E-state index is 0.0785. The molecule has 4 aromatic rings. The molecule has 1 aliphatic rings. The maximum atomic E-state index is 13.0. The standard InChI is InChI=1S/C25H23N3O/c1-25(2)13-12-23-27-22-15-19(10-11-20(22)24(29)28(23)16-25)17-6-8-18(9-7-17)21-5-3-4-14-26-21/h3-11,14-15H,12-13,16H2,1-2H3. The molecule has 3 heterocycles. The van der Waals surface area contributed by atoms with E-state index in [1.165, 1.54) is 0 Å². The van der Waals surface area contributed by atoms with E-state index < -0.39 is 0 Å². The van der Waals surface area contributed by atoms with Crippen LogP contribution in [-0.4, -0.2) is 14.5 Å². The molecule has 0 unspecified atom stereocenters. The number of benzene rings is 2. The summed E-state index contributed by atoms with van der Waals surface area (Å²) in [5.74, 6) is 0.907. The third-order valence-electron chi connectivity index (χ3n) is 5.82. The molecule has 144 valence electrons. The highest BCUT2D eigenvalue weighted by molar-refractivity contribution is 5.84. The SMILES string of the molecule is CC1(C)CCc2nc3cc(-c4ccc(-c5ccccn5)cc4)ccc3c(=O)n2C1. The lowest BCUT2D eigenvalue weighted by Crippen LogP contribution is -2.36. The summed E-state index contributed by atoms with van der Waals surface area (Å²) in [6, 6.07) is 20.2. The first-order chi connectivity index (χ1) is 14.0. The third kappa shape index (κ3) is 3.25. The molecule has 0 saturated heterocycles. The van der Waals surface area contributed by atoms with Gasteiger partial charge in [-0.15, -0.1) is 0 Å². The van der Waals surface area contributed by atoms with Crippen LogP contribution in [0.2, 0.25) is 0 Å². The molecule has 0 fully saturated rings. The van der Waals surface area contributed by atoms with Gasteiger partial charge in [0, 0.05) is 24.7 Å². The Labute approximate surface area is 169 Å². The van der Waals surface area contributed by atoms with Crippen molar-refractivity contribution >= 4 is 10.9 Å². The molecule has 0 bridgehead atoms. The first kappa shape index (κ1) is 17.8. The Morgan fingerprint density at radius 1 is 0.931 bits per heavy atom. The maximum absolute atomic E-state index is 13.0. The average Bonchev–Trinajstić information content (AvgIpc) is 2.75. The lowest BCUT2D eigenvalue weighted by Gasteiger charge is -2.31. The summed E-state index contributed by atoms with van der Waals surface area (Å²) in [5.41, 5.74) is 5.22. The van der Waals surface area contributed by atoms with Crippen LogP contribution in [0.25, 0.3) is 33.3 Å². The van der Waals surface area contributed by atoms with Crippen LogP contribution in [0.1, 0.15) is 26.1 Å². The molecule has 0 atom stereocenters. The Morgan fingerprint density at radius 2 is 1.69 bits per heavy atom. The van der Waals surface area contributed by atoms with Crippen molar-refractivity contribution in [2.75, 3.05) is 0 Å². The van der Waals surface area contributed by atoms with Gasteiger partial charge in [-0.05, 0) is 47.2 Å². The monoisotopic (exact) mass is 381 g/mol. The molecule has 2 aromatic carbocycles. The van der Waals surface area contributed by atoms with Crippen LogP contribution in [-0.2, 0) is 13.0 Å². The predicted octanol–water partition coefficient (Wildman–Crippen LogP) is 5.10. The average molecular weight is 381 g/mol. The van der Waals surface area contributed by atoms with E-state index >= 15 is 0 Å². The van der Waals surface area contributed by atoms with Crippen LogP contribution >= 0.6 is 0 Å². The second-order valence-electron chi connectivity index (χ2n) is 8.61. The largest absolute Gasteiger partial charge is 0.296 e. The van der Waals surface area contributed by atoms with Crippen LogP contribution in [0.4, 0.5) is 0 Å². The van der Waals surface area contributed by atoms with Gasteiger partial charge in [0.25, 0.3) is 5.56 Å². The predicted molar refractivity (Wildman–Crippen MR) is 117 cm³/mol. The van der Waals surface area contributed by atoms with Gasteiger partial charge in [-0.2, -0.15) is 0 Å². The van der Waals surface area contributed by atoms with Crippen molar-refractivity contribution in [1.29, 1.82) is 0 Å². The smallest absolute Gasteiger partial charge is 0.261 e. The van der Waals surface area contributed by atoms with Crippen molar-refractivity contribution in [2.24, 2.45) is 5.41 Å². The second kappa shape index (κ2) is 6.66. The molecule has 0 saturated carbocycles. The summed E-state index contributed by atoms with van der Waals surface area (Å²) < 4.78 is 1.87. The molecule has 0 spiro atoms. The molecule has 0 N–H and O–H groups in total. The number of aromatic nitrogens is 3. The molecule has 0 amide bonds.